The average molecular weight is 1350 g/mol. The summed E-state index contributed by atoms with van der Waals surface area (Å²) < 4.78 is 0. The molecule has 0 aliphatic rings. The summed E-state index contributed by atoms with van der Waals surface area (Å²) in [5.74, 6) is 0. The van der Waals surface area contributed by atoms with Gasteiger partial charge >= 0.3 is 0 Å². The van der Waals surface area contributed by atoms with Crippen LogP contribution in [0.1, 0.15) is 58.2 Å². The van der Waals surface area contributed by atoms with Crippen molar-refractivity contribution < 1.29 is 0 Å². The van der Waals surface area contributed by atoms with Crippen LogP contribution < -0.4 is 0 Å². The number of aromatic nitrogens is 6. The Morgan fingerprint density at radius 1 is 0.200 bits per heavy atom. The summed E-state index contributed by atoms with van der Waals surface area (Å²) in [6.07, 6.45) is 15.9. The largest absolute Gasteiger partial charge is 0.244 e. The Labute approximate surface area is 614 Å². The van der Waals surface area contributed by atoms with Gasteiger partial charge in [0.2, 0.25) is 0 Å². The monoisotopic (exact) mass is 1350 g/mol. The Balaban J connectivity index is 0.000000122. The summed E-state index contributed by atoms with van der Waals surface area (Å²) in [7, 11) is 0. The molecular formula is C99H78N6. The molecule has 0 radical (unpaired) electrons. The molecule has 0 N–H and O–H groups in total. The third kappa shape index (κ3) is 13.9. The molecule has 3 aromatic heterocycles. The van der Waals surface area contributed by atoms with Crippen molar-refractivity contribution >= 4 is 64.6 Å². The summed E-state index contributed by atoms with van der Waals surface area (Å²) in [6, 6.07) is 106. The minimum absolute atomic E-state index is 0.115. The maximum Gasteiger partial charge on any atom is 0.115 e. The summed E-state index contributed by atoms with van der Waals surface area (Å²) in [5.41, 5.74) is 25.6. The lowest BCUT2D eigenvalue weighted by atomic mass is 9.84. The average Bonchev–Trinajstić information content (AvgIpc) is 0.759. The van der Waals surface area contributed by atoms with Crippen molar-refractivity contribution in [3.8, 4) is 100 Å². The zero-order valence-electron chi connectivity index (χ0n) is 60.1. The highest BCUT2D eigenvalue weighted by Crippen LogP contribution is 2.45. The standard InChI is InChI=1S/C38H36N2.C31H22N2.C30H20N2/c1-37(2,3)32-13-7-25(8-14-32)27-11-17-34-29(19-27)21-30-20-28(31-22-39-24-40-23-31)12-18-35(30)36(34)26-9-15-33(16-10-26)38(4,5)6;1-21-7-5-6-10-28(21)31-29-13-11-23(22-8-3-2-4-9-22)15-25(29)17-26-16-24(12-14-30(26)31)27-18-32-20-33-19-27;1-3-7-21(8-4-1)23-11-13-28-25(15-23)17-26-16-24(27-18-31-20-32-19-27)12-14-29(26)30(28)22-9-5-2-6-10-22/h7-24H,1-6H3;2-20H,1H3;1-20H. The van der Waals surface area contributed by atoms with Crippen LogP contribution in [0, 0.1) is 6.92 Å². The molecule has 15 aromatic carbocycles. The number of hydrogen-bond acceptors (Lipinski definition) is 6. The molecule has 18 rings (SSSR count). The molecule has 18 aromatic rings. The van der Waals surface area contributed by atoms with Crippen molar-refractivity contribution in [3.05, 3.63) is 364 Å². The van der Waals surface area contributed by atoms with Gasteiger partial charge in [0, 0.05) is 53.9 Å². The zero-order valence-corrected chi connectivity index (χ0v) is 60.1. The van der Waals surface area contributed by atoms with Gasteiger partial charge < -0.3 is 0 Å². The van der Waals surface area contributed by atoms with Gasteiger partial charge in [0.1, 0.15) is 19.0 Å². The van der Waals surface area contributed by atoms with E-state index in [1.807, 2.05) is 37.2 Å². The topological polar surface area (TPSA) is 77.3 Å². The predicted molar refractivity (Wildman–Crippen MR) is 442 cm³/mol. The first-order chi connectivity index (χ1) is 51.2. The maximum absolute atomic E-state index is 4.24. The summed E-state index contributed by atoms with van der Waals surface area (Å²) in [6.45, 7) is 15.8. The highest BCUT2D eigenvalue weighted by Gasteiger charge is 2.20. The van der Waals surface area contributed by atoms with E-state index in [2.05, 4.69) is 370 Å². The molecule has 0 saturated heterocycles. The number of hydrogen-bond donors (Lipinski definition) is 0. The smallest absolute Gasteiger partial charge is 0.115 e. The van der Waals surface area contributed by atoms with Gasteiger partial charge in [-0.05, 0) is 237 Å². The van der Waals surface area contributed by atoms with Crippen molar-refractivity contribution in [1.29, 1.82) is 0 Å². The lowest BCUT2D eigenvalue weighted by Crippen LogP contribution is -2.10. The number of fused-ring (bicyclic) bond motifs is 6. The van der Waals surface area contributed by atoms with Gasteiger partial charge in [-0.25, -0.2) is 29.9 Å². The van der Waals surface area contributed by atoms with Gasteiger partial charge in [0.15, 0.2) is 0 Å². The van der Waals surface area contributed by atoms with E-state index in [1.165, 1.54) is 148 Å². The molecule has 0 atom stereocenters. The van der Waals surface area contributed by atoms with Gasteiger partial charge in [-0.3, -0.25) is 0 Å². The maximum atomic E-state index is 4.24. The predicted octanol–water partition coefficient (Wildman–Crippen LogP) is 26.3. The minimum Gasteiger partial charge on any atom is -0.244 e. The van der Waals surface area contributed by atoms with Crippen molar-refractivity contribution in [2.45, 2.75) is 59.3 Å². The van der Waals surface area contributed by atoms with Crippen LogP contribution in [0.25, 0.3) is 165 Å². The zero-order chi connectivity index (χ0) is 71.6. The molecule has 105 heavy (non-hydrogen) atoms. The number of nitrogens with zero attached hydrogens (tertiary/aromatic N) is 6. The Kier molecular flexibility index (Phi) is 18.1. The number of rotatable bonds is 9. The molecule has 504 valence electrons. The van der Waals surface area contributed by atoms with Gasteiger partial charge in [-0.2, -0.15) is 0 Å². The van der Waals surface area contributed by atoms with E-state index < -0.39 is 0 Å². The Morgan fingerprint density at radius 2 is 0.438 bits per heavy atom. The van der Waals surface area contributed by atoms with E-state index in [1.54, 1.807) is 19.0 Å². The molecule has 0 amide bonds. The van der Waals surface area contributed by atoms with E-state index >= 15 is 0 Å². The van der Waals surface area contributed by atoms with Crippen molar-refractivity contribution in [2.24, 2.45) is 0 Å². The van der Waals surface area contributed by atoms with Gasteiger partial charge in [0.05, 0.1) is 0 Å². The number of benzene rings is 15. The van der Waals surface area contributed by atoms with Gasteiger partial charge in [-0.1, -0.05) is 278 Å². The normalized spacial score (nSPS) is 11.6. The lowest BCUT2D eigenvalue weighted by molar-refractivity contribution is 0.590. The van der Waals surface area contributed by atoms with E-state index in [0.29, 0.717) is 0 Å². The third-order valence-corrected chi connectivity index (χ3v) is 20.4. The first-order valence-electron chi connectivity index (χ1n) is 35.9. The summed E-state index contributed by atoms with van der Waals surface area (Å²) >= 11 is 0. The molecule has 3 heterocycles. The Hall–Kier alpha value is -12.9. The second-order valence-electron chi connectivity index (χ2n) is 29.3. The van der Waals surface area contributed by atoms with E-state index in [9.17, 15) is 0 Å². The van der Waals surface area contributed by atoms with Crippen LogP contribution in [-0.4, -0.2) is 29.9 Å². The quantitative estimate of drug-likeness (QED) is 0.134. The van der Waals surface area contributed by atoms with Crippen molar-refractivity contribution in [2.75, 3.05) is 0 Å². The fraction of sp³-hybridized carbons (Fsp3) is 0.0909. The molecule has 0 bridgehead atoms. The van der Waals surface area contributed by atoms with Gasteiger partial charge in [0.25, 0.3) is 0 Å². The molecule has 0 unspecified atom stereocenters. The molecule has 0 saturated carbocycles. The Bertz CT molecular complexity index is 5980. The first-order valence-corrected chi connectivity index (χ1v) is 35.9. The highest BCUT2D eigenvalue weighted by atomic mass is 14.8. The van der Waals surface area contributed by atoms with Gasteiger partial charge in [-0.15, -0.1) is 0 Å². The fourth-order valence-electron chi connectivity index (χ4n) is 14.7. The van der Waals surface area contributed by atoms with Crippen LogP contribution in [0.15, 0.2) is 347 Å². The second kappa shape index (κ2) is 28.5. The molecule has 6 heteroatoms. The highest BCUT2D eigenvalue weighted by molar-refractivity contribution is 6.17. The fourth-order valence-corrected chi connectivity index (χ4v) is 14.7. The molecule has 0 aliphatic carbocycles. The van der Waals surface area contributed by atoms with Crippen LogP contribution in [-0.2, 0) is 10.8 Å². The third-order valence-electron chi connectivity index (χ3n) is 20.4. The van der Waals surface area contributed by atoms with Crippen molar-refractivity contribution in [3.63, 3.8) is 0 Å². The van der Waals surface area contributed by atoms with E-state index in [0.717, 1.165) is 33.4 Å². The molecule has 0 fully saturated rings. The van der Waals surface area contributed by atoms with Crippen LogP contribution in [0.3, 0.4) is 0 Å². The SMILES string of the molecule is CC(C)(C)c1ccc(-c2ccc3c(-c4ccc(C(C)(C)C)cc4)c4ccc(-c5cncnc5)cc4cc3c2)cc1.Cc1ccccc1-c1c2ccc(-c3ccccc3)cc2cc2cc(-c3cncnc3)ccc12.c1ccc(-c2ccc3c(-c4ccccc4)c4ccc(-c5cncnc5)cc4cc3c2)cc1. The van der Waals surface area contributed by atoms with Crippen LogP contribution in [0.4, 0.5) is 0 Å². The summed E-state index contributed by atoms with van der Waals surface area (Å²) in [5, 5.41) is 14.9. The molecule has 0 spiro atoms. The van der Waals surface area contributed by atoms with Crippen molar-refractivity contribution in [1.82, 2.24) is 29.9 Å². The first kappa shape index (κ1) is 66.6. The van der Waals surface area contributed by atoms with Crippen LogP contribution >= 0.6 is 0 Å². The van der Waals surface area contributed by atoms with Crippen LogP contribution in [0.2, 0.25) is 0 Å². The Morgan fingerprint density at radius 3 is 0.743 bits per heavy atom. The molecular weight excluding hydrogens is 1270 g/mol. The molecule has 0 aliphatic heterocycles. The number of aryl methyl sites for hydroxylation is 1. The summed E-state index contributed by atoms with van der Waals surface area (Å²) in [4.78, 5) is 25.3. The molecule has 6 nitrogen and oxygen atoms in total. The van der Waals surface area contributed by atoms with E-state index in [-0.39, 0.29) is 10.8 Å². The lowest BCUT2D eigenvalue weighted by Gasteiger charge is -2.20. The second-order valence-corrected chi connectivity index (χ2v) is 29.3. The van der Waals surface area contributed by atoms with E-state index in [4.69, 9.17) is 0 Å². The van der Waals surface area contributed by atoms with Crippen LogP contribution in [0.5, 0.6) is 0 Å². The minimum atomic E-state index is 0.115.